The van der Waals surface area contributed by atoms with Crippen LogP contribution < -0.4 is 4.74 Å². The molecule has 0 aliphatic carbocycles. The molecule has 3 nitrogen and oxygen atoms in total. The van der Waals surface area contributed by atoms with E-state index in [1.165, 1.54) is 0 Å². The maximum Gasteiger partial charge on any atom is 0.309 e. The van der Waals surface area contributed by atoms with Gasteiger partial charge in [-0.1, -0.05) is 11.6 Å². The Balaban J connectivity index is 2.39. The minimum Gasteiger partial charge on any atom is -0.493 e. The Kier molecular flexibility index (Phi) is 3.04. The molecule has 1 N–H and O–H groups in total. The summed E-state index contributed by atoms with van der Waals surface area (Å²) in [5.74, 6) is 0.0238. The Bertz CT molecular complexity index is 466. The van der Waals surface area contributed by atoms with E-state index in [0.717, 1.165) is 23.3 Å². The van der Waals surface area contributed by atoms with Gasteiger partial charge >= 0.3 is 5.97 Å². The third-order valence-electron chi connectivity index (χ3n) is 3.14. The molecule has 1 heterocycles. The van der Waals surface area contributed by atoms with E-state index in [0.29, 0.717) is 18.1 Å². The van der Waals surface area contributed by atoms with Gasteiger partial charge in [0.15, 0.2) is 0 Å². The minimum atomic E-state index is -0.818. The van der Waals surface area contributed by atoms with E-state index in [4.69, 9.17) is 21.4 Å². The minimum absolute atomic E-state index is 0.424. The van der Waals surface area contributed by atoms with Crippen LogP contribution in [-0.2, 0) is 17.6 Å². The van der Waals surface area contributed by atoms with E-state index in [2.05, 4.69) is 0 Å². The second-order valence-corrected chi connectivity index (χ2v) is 5.37. The molecular weight excluding hydrogens is 240 g/mol. The van der Waals surface area contributed by atoms with Gasteiger partial charge in [-0.25, -0.2) is 0 Å². The predicted octanol–water partition coefficient (Wildman–Crippen LogP) is 2.93. The number of halogens is 1. The molecule has 0 fully saturated rings. The third-order valence-corrected chi connectivity index (χ3v) is 3.49. The summed E-state index contributed by atoms with van der Waals surface area (Å²) in [5.41, 5.74) is 1.15. The highest BCUT2D eigenvalue weighted by Crippen LogP contribution is 2.36. The topological polar surface area (TPSA) is 46.5 Å². The van der Waals surface area contributed by atoms with Crippen LogP contribution in [0.4, 0.5) is 0 Å². The molecule has 2 rings (SSSR count). The zero-order valence-electron chi connectivity index (χ0n) is 9.92. The normalized spacial score (nSPS) is 14.3. The van der Waals surface area contributed by atoms with E-state index in [1.54, 1.807) is 19.9 Å². The van der Waals surface area contributed by atoms with Gasteiger partial charge in [0.2, 0.25) is 0 Å². The lowest BCUT2D eigenvalue weighted by atomic mass is 9.84. The molecule has 92 valence electrons. The van der Waals surface area contributed by atoms with E-state index in [-0.39, 0.29) is 0 Å². The second kappa shape index (κ2) is 4.22. The van der Waals surface area contributed by atoms with Gasteiger partial charge in [0.25, 0.3) is 0 Å². The quantitative estimate of drug-likeness (QED) is 0.902. The molecule has 0 amide bonds. The van der Waals surface area contributed by atoms with E-state index in [9.17, 15) is 4.79 Å². The van der Waals surface area contributed by atoms with Crippen LogP contribution in [0.3, 0.4) is 0 Å². The molecule has 0 bridgehead atoms. The smallest absolute Gasteiger partial charge is 0.309 e. The first-order valence-electron chi connectivity index (χ1n) is 5.58. The van der Waals surface area contributed by atoms with Gasteiger partial charge in [0, 0.05) is 17.0 Å². The van der Waals surface area contributed by atoms with Crippen LogP contribution in [0.25, 0.3) is 0 Å². The summed E-state index contributed by atoms with van der Waals surface area (Å²) in [7, 11) is 0. The first-order chi connectivity index (χ1) is 7.92. The van der Waals surface area contributed by atoms with Crippen molar-refractivity contribution in [3.63, 3.8) is 0 Å². The Morgan fingerprint density at radius 1 is 1.53 bits per heavy atom. The lowest BCUT2D eigenvalue weighted by molar-refractivity contribution is -0.146. The van der Waals surface area contributed by atoms with Crippen molar-refractivity contribution in [3.05, 3.63) is 28.3 Å². The highest BCUT2D eigenvalue weighted by Gasteiger charge is 2.31. The van der Waals surface area contributed by atoms with Gasteiger partial charge < -0.3 is 9.84 Å². The Morgan fingerprint density at radius 2 is 2.24 bits per heavy atom. The first-order valence-corrected chi connectivity index (χ1v) is 5.96. The Morgan fingerprint density at radius 3 is 2.88 bits per heavy atom. The molecule has 1 aliphatic rings. The lowest BCUT2D eigenvalue weighted by Gasteiger charge is -2.21. The third kappa shape index (κ3) is 2.25. The van der Waals surface area contributed by atoms with Crippen molar-refractivity contribution in [2.75, 3.05) is 6.61 Å². The van der Waals surface area contributed by atoms with Crippen molar-refractivity contribution in [2.24, 2.45) is 5.41 Å². The van der Waals surface area contributed by atoms with Crippen LogP contribution in [0, 0.1) is 5.41 Å². The summed E-state index contributed by atoms with van der Waals surface area (Å²) in [6.07, 6.45) is 1.23. The molecule has 0 spiro atoms. The molecule has 0 unspecified atom stereocenters. The summed E-state index contributed by atoms with van der Waals surface area (Å²) in [6.45, 7) is 4.07. The van der Waals surface area contributed by atoms with Crippen molar-refractivity contribution in [1.29, 1.82) is 0 Å². The predicted molar refractivity (Wildman–Crippen MR) is 65.8 cm³/mol. The molecule has 0 atom stereocenters. The zero-order valence-corrected chi connectivity index (χ0v) is 10.7. The molecule has 4 heteroatoms. The van der Waals surface area contributed by atoms with Crippen LogP contribution in [0.1, 0.15) is 25.0 Å². The fourth-order valence-electron chi connectivity index (χ4n) is 2.02. The summed E-state index contributed by atoms with van der Waals surface area (Å²) < 4.78 is 5.46. The lowest BCUT2D eigenvalue weighted by Crippen LogP contribution is -2.26. The fraction of sp³-hybridized carbons (Fsp3) is 0.462. The molecule has 0 saturated heterocycles. The van der Waals surface area contributed by atoms with Gasteiger partial charge in [-0.2, -0.15) is 0 Å². The average molecular weight is 255 g/mol. The molecule has 1 aliphatic heterocycles. The number of benzene rings is 1. The number of carboxylic acid groups (broad SMARTS) is 1. The SMILES string of the molecule is CC(C)(Cc1c(Cl)ccc2c1CCO2)C(=O)O. The maximum absolute atomic E-state index is 11.2. The van der Waals surface area contributed by atoms with Crippen LogP contribution in [0.15, 0.2) is 12.1 Å². The number of rotatable bonds is 3. The van der Waals surface area contributed by atoms with Crippen molar-refractivity contribution in [1.82, 2.24) is 0 Å². The average Bonchev–Trinajstić information content (AvgIpc) is 2.70. The zero-order chi connectivity index (χ0) is 12.6. The van der Waals surface area contributed by atoms with Gasteiger partial charge in [-0.15, -0.1) is 0 Å². The fourth-order valence-corrected chi connectivity index (χ4v) is 2.27. The summed E-state index contributed by atoms with van der Waals surface area (Å²) in [5, 5.41) is 9.80. The molecular formula is C13H15ClO3. The van der Waals surface area contributed by atoms with Gasteiger partial charge in [-0.3, -0.25) is 4.79 Å². The van der Waals surface area contributed by atoms with Crippen molar-refractivity contribution >= 4 is 17.6 Å². The number of carboxylic acids is 1. The maximum atomic E-state index is 11.2. The second-order valence-electron chi connectivity index (χ2n) is 4.97. The van der Waals surface area contributed by atoms with Crippen molar-refractivity contribution < 1.29 is 14.6 Å². The molecule has 1 aromatic carbocycles. The van der Waals surface area contributed by atoms with Crippen molar-refractivity contribution in [3.8, 4) is 5.75 Å². The van der Waals surface area contributed by atoms with Gasteiger partial charge in [0.05, 0.1) is 12.0 Å². The highest BCUT2D eigenvalue weighted by atomic mass is 35.5. The number of carbonyl (C=O) groups is 1. The van der Waals surface area contributed by atoms with Crippen LogP contribution >= 0.6 is 11.6 Å². The Hall–Kier alpha value is -1.22. The summed E-state index contributed by atoms with van der Waals surface area (Å²) >= 11 is 6.17. The number of hydrogen-bond acceptors (Lipinski definition) is 2. The van der Waals surface area contributed by atoms with Crippen LogP contribution in [0.2, 0.25) is 5.02 Å². The number of ether oxygens (including phenoxy) is 1. The molecule has 0 radical (unpaired) electrons. The summed E-state index contributed by atoms with van der Waals surface area (Å²) in [6, 6.07) is 3.63. The van der Waals surface area contributed by atoms with E-state index >= 15 is 0 Å². The molecule has 17 heavy (non-hydrogen) atoms. The molecule has 0 saturated carbocycles. The number of fused-ring (bicyclic) bond motifs is 1. The number of aliphatic carboxylic acids is 1. The van der Waals surface area contributed by atoms with Crippen LogP contribution in [-0.4, -0.2) is 17.7 Å². The highest BCUT2D eigenvalue weighted by molar-refractivity contribution is 6.31. The summed E-state index contributed by atoms with van der Waals surface area (Å²) in [4.78, 5) is 11.2. The van der Waals surface area contributed by atoms with E-state index < -0.39 is 11.4 Å². The van der Waals surface area contributed by atoms with E-state index in [1.807, 2.05) is 6.07 Å². The standard InChI is InChI=1S/C13H15ClO3/c1-13(2,12(15)16)7-9-8-5-6-17-11(8)4-3-10(9)14/h3-4H,5-7H2,1-2H3,(H,15,16). The molecule has 0 aromatic heterocycles. The van der Waals surface area contributed by atoms with Crippen LogP contribution in [0.5, 0.6) is 5.75 Å². The Labute approximate surface area is 105 Å². The first kappa shape index (κ1) is 12.2. The van der Waals surface area contributed by atoms with Gasteiger partial charge in [0.1, 0.15) is 5.75 Å². The monoisotopic (exact) mass is 254 g/mol. The van der Waals surface area contributed by atoms with Gasteiger partial charge in [-0.05, 0) is 38.0 Å². The van der Waals surface area contributed by atoms with Crippen molar-refractivity contribution in [2.45, 2.75) is 26.7 Å². The largest absolute Gasteiger partial charge is 0.493 e. The molecule has 1 aromatic rings. The number of hydrogen-bond donors (Lipinski definition) is 1.